The molecule has 0 aromatic heterocycles. The molecule has 0 bridgehead atoms. The maximum Gasteiger partial charge on any atom is 0.338 e. The van der Waals surface area contributed by atoms with E-state index >= 15 is 0 Å². The highest BCUT2D eigenvalue weighted by molar-refractivity contribution is 6.31. The van der Waals surface area contributed by atoms with Crippen LogP contribution in [0, 0.1) is 6.92 Å². The van der Waals surface area contributed by atoms with Crippen molar-refractivity contribution in [1.82, 2.24) is 0 Å². The van der Waals surface area contributed by atoms with Gasteiger partial charge < -0.3 is 20.1 Å². The quantitative estimate of drug-likeness (QED) is 0.464. The van der Waals surface area contributed by atoms with E-state index in [4.69, 9.17) is 21.1 Å². The molecule has 8 nitrogen and oxygen atoms in total. The monoisotopic (exact) mass is 474 g/mol. The van der Waals surface area contributed by atoms with E-state index in [1.165, 1.54) is 0 Å². The van der Waals surface area contributed by atoms with E-state index in [1.807, 2.05) is 13.8 Å². The van der Waals surface area contributed by atoms with Crippen LogP contribution in [0.3, 0.4) is 0 Å². The average Bonchev–Trinajstić information content (AvgIpc) is 2.79. The number of carbonyl (C=O) groups is 4. The van der Waals surface area contributed by atoms with E-state index in [-0.39, 0.29) is 25.2 Å². The first-order valence-electron chi connectivity index (χ1n) is 10.6. The standard InChI is InChI=1S/C24H27ClN2O6/c1-3-13-32-24(31)17-8-11-18(12-9-17)26-21(28)5-4-6-23(30)33-15-22(29)27-19-10-7-16(2)20(25)14-19/h7-12,14H,3-6,13,15H2,1-2H3,(H,26,28)(H,27,29). The Balaban J connectivity index is 1.65. The van der Waals surface area contributed by atoms with Crippen LogP contribution in [0.5, 0.6) is 0 Å². The summed E-state index contributed by atoms with van der Waals surface area (Å²) in [5.41, 5.74) is 2.32. The van der Waals surface area contributed by atoms with Crippen molar-refractivity contribution in [3.63, 3.8) is 0 Å². The van der Waals surface area contributed by atoms with Crippen molar-refractivity contribution in [2.45, 2.75) is 39.5 Å². The summed E-state index contributed by atoms with van der Waals surface area (Å²) in [6.07, 6.45) is 1.10. The van der Waals surface area contributed by atoms with Crippen LogP contribution in [0.4, 0.5) is 11.4 Å². The van der Waals surface area contributed by atoms with Crippen molar-refractivity contribution in [1.29, 1.82) is 0 Å². The van der Waals surface area contributed by atoms with Gasteiger partial charge in [-0.2, -0.15) is 0 Å². The molecule has 0 aliphatic heterocycles. The lowest BCUT2D eigenvalue weighted by Gasteiger charge is -2.08. The molecule has 176 valence electrons. The summed E-state index contributed by atoms with van der Waals surface area (Å²) >= 11 is 6.01. The summed E-state index contributed by atoms with van der Waals surface area (Å²) in [4.78, 5) is 47.5. The first-order valence-corrected chi connectivity index (χ1v) is 10.9. The van der Waals surface area contributed by atoms with E-state index < -0.39 is 24.5 Å². The minimum atomic E-state index is -0.574. The maximum absolute atomic E-state index is 12.0. The molecule has 2 aromatic rings. The second kappa shape index (κ2) is 13.2. The number of nitrogens with one attached hydrogen (secondary N) is 2. The zero-order valence-electron chi connectivity index (χ0n) is 18.6. The number of rotatable bonds is 11. The summed E-state index contributed by atoms with van der Waals surface area (Å²) in [6, 6.07) is 11.4. The molecule has 0 aliphatic rings. The highest BCUT2D eigenvalue weighted by atomic mass is 35.5. The van der Waals surface area contributed by atoms with Crippen molar-refractivity contribution < 1.29 is 28.7 Å². The third-order valence-electron chi connectivity index (χ3n) is 4.45. The summed E-state index contributed by atoms with van der Waals surface area (Å²) in [5.74, 6) is -1.75. The van der Waals surface area contributed by atoms with Gasteiger partial charge in [-0.05, 0) is 61.7 Å². The van der Waals surface area contributed by atoms with E-state index in [9.17, 15) is 19.2 Å². The van der Waals surface area contributed by atoms with Gasteiger partial charge in [-0.25, -0.2) is 4.79 Å². The molecule has 0 aliphatic carbocycles. The third kappa shape index (κ3) is 9.33. The predicted octanol–water partition coefficient (Wildman–Crippen LogP) is 4.51. The molecule has 2 rings (SSSR count). The number of anilines is 2. The van der Waals surface area contributed by atoms with Gasteiger partial charge in [0, 0.05) is 29.2 Å². The normalized spacial score (nSPS) is 10.3. The van der Waals surface area contributed by atoms with E-state index in [0.29, 0.717) is 28.6 Å². The lowest BCUT2D eigenvalue weighted by molar-refractivity contribution is -0.147. The molecule has 2 N–H and O–H groups in total. The first kappa shape index (κ1) is 25.9. The van der Waals surface area contributed by atoms with Crippen LogP contribution in [0.15, 0.2) is 42.5 Å². The number of ether oxygens (including phenoxy) is 2. The first-order chi connectivity index (χ1) is 15.8. The molecule has 0 heterocycles. The van der Waals surface area contributed by atoms with Crippen LogP contribution >= 0.6 is 11.6 Å². The largest absolute Gasteiger partial charge is 0.462 e. The number of halogens is 1. The van der Waals surface area contributed by atoms with Crippen molar-refractivity contribution in [3.05, 3.63) is 58.6 Å². The van der Waals surface area contributed by atoms with Crippen molar-refractivity contribution in [3.8, 4) is 0 Å². The summed E-state index contributed by atoms with van der Waals surface area (Å²) in [6.45, 7) is 3.68. The molecule has 0 radical (unpaired) electrons. The fourth-order valence-corrected chi connectivity index (χ4v) is 2.85. The lowest BCUT2D eigenvalue weighted by atomic mass is 10.2. The molecule has 0 saturated heterocycles. The topological polar surface area (TPSA) is 111 Å². The fraction of sp³-hybridized carbons (Fsp3) is 0.333. The summed E-state index contributed by atoms with van der Waals surface area (Å²) in [7, 11) is 0. The Morgan fingerprint density at radius 3 is 2.21 bits per heavy atom. The van der Waals surface area contributed by atoms with Crippen molar-refractivity contribution in [2.75, 3.05) is 23.8 Å². The lowest BCUT2D eigenvalue weighted by Crippen LogP contribution is -2.21. The van der Waals surface area contributed by atoms with E-state index in [0.717, 1.165) is 12.0 Å². The van der Waals surface area contributed by atoms with Crippen LogP contribution < -0.4 is 10.6 Å². The SMILES string of the molecule is CCCOC(=O)c1ccc(NC(=O)CCCC(=O)OCC(=O)Nc2ccc(C)c(Cl)c2)cc1. The molecule has 0 spiro atoms. The molecule has 0 fully saturated rings. The van der Waals surface area contributed by atoms with Gasteiger partial charge in [-0.15, -0.1) is 0 Å². The molecule has 0 unspecified atom stereocenters. The summed E-state index contributed by atoms with van der Waals surface area (Å²) in [5, 5.41) is 5.81. The maximum atomic E-state index is 12.0. The van der Waals surface area contributed by atoms with Crippen molar-refractivity contribution >= 4 is 46.7 Å². The van der Waals surface area contributed by atoms with Crippen LogP contribution in [0.25, 0.3) is 0 Å². The van der Waals surface area contributed by atoms with Crippen LogP contribution in [-0.2, 0) is 23.9 Å². The van der Waals surface area contributed by atoms with Gasteiger partial charge >= 0.3 is 11.9 Å². The van der Waals surface area contributed by atoms with E-state index in [2.05, 4.69) is 10.6 Å². The Morgan fingerprint density at radius 2 is 1.55 bits per heavy atom. The highest BCUT2D eigenvalue weighted by Gasteiger charge is 2.11. The minimum Gasteiger partial charge on any atom is -0.462 e. The van der Waals surface area contributed by atoms with Gasteiger partial charge in [0.1, 0.15) is 0 Å². The van der Waals surface area contributed by atoms with Gasteiger partial charge in [0.15, 0.2) is 6.61 Å². The number of carbonyl (C=O) groups excluding carboxylic acids is 4. The zero-order valence-corrected chi connectivity index (χ0v) is 19.4. The molecule has 9 heteroatoms. The Hall–Kier alpha value is -3.39. The zero-order chi connectivity index (χ0) is 24.2. The van der Waals surface area contributed by atoms with Gasteiger partial charge in [-0.1, -0.05) is 24.6 Å². The highest BCUT2D eigenvalue weighted by Crippen LogP contribution is 2.19. The predicted molar refractivity (Wildman–Crippen MR) is 125 cm³/mol. The van der Waals surface area contributed by atoms with E-state index in [1.54, 1.807) is 42.5 Å². The van der Waals surface area contributed by atoms with Crippen LogP contribution in [0.2, 0.25) is 5.02 Å². The Kier molecular flexibility index (Phi) is 10.4. The fourth-order valence-electron chi connectivity index (χ4n) is 2.67. The van der Waals surface area contributed by atoms with Crippen LogP contribution in [0.1, 0.15) is 48.5 Å². The molecule has 2 aromatic carbocycles. The van der Waals surface area contributed by atoms with Crippen LogP contribution in [-0.4, -0.2) is 37.0 Å². The Bertz CT molecular complexity index is 991. The molecular weight excluding hydrogens is 448 g/mol. The molecule has 33 heavy (non-hydrogen) atoms. The Labute approximate surface area is 197 Å². The minimum absolute atomic E-state index is 0.000727. The van der Waals surface area contributed by atoms with Crippen molar-refractivity contribution in [2.24, 2.45) is 0 Å². The number of hydrogen-bond acceptors (Lipinski definition) is 6. The second-order valence-electron chi connectivity index (χ2n) is 7.29. The van der Waals surface area contributed by atoms with Gasteiger partial charge in [-0.3, -0.25) is 14.4 Å². The molecular formula is C24H27ClN2O6. The number of amides is 2. The number of aryl methyl sites for hydroxylation is 1. The second-order valence-corrected chi connectivity index (χ2v) is 7.70. The summed E-state index contributed by atoms with van der Waals surface area (Å²) < 4.78 is 9.98. The number of benzene rings is 2. The Morgan fingerprint density at radius 1 is 0.879 bits per heavy atom. The van der Waals surface area contributed by atoms with Gasteiger partial charge in [0.2, 0.25) is 5.91 Å². The third-order valence-corrected chi connectivity index (χ3v) is 4.85. The smallest absolute Gasteiger partial charge is 0.338 e. The number of hydrogen-bond donors (Lipinski definition) is 2. The molecule has 0 atom stereocenters. The van der Waals surface area contributed by atoms with Gasteiger partial charge in [0.05, 0.1) is 12.2 Å². The average molecular weight is 475 g/mol. The molecule has 2 amide bonds. The van der Waals surface area contributed by atoms with Gasteiger partial charge in [0.25, 0.3) is 5.91 Å². The molecule has 0 saturated carbocycles. The number of esters is 2.